The fraction of sp³-hybridized carbons (Fsp3) is 0.263. The quantitative estimate of drug-likeness (QED) is 0.644. The van der Waals surface area contributed by atoms with E-state index in [4.69, 9.17) is 0 Å². The van der Waals surface area contributed by atoms with Crippen LogP contribution < -0.4 is 0 Å². The van der Waals surface area contributed by atoms with Crippen molar-refractivity contribution < 1.29 is 0 Å². The van der Waals surface area contributed by atoms with Crippen molar-refractivity contribution in [2.24, 2.45) is 0 Å². The molecular formula is C19H22. The molecule has 0 aliphatic carbocycles. The summed E-state index contributed by atoms with van der Waals surface area (Å²) in [5.41, 5.74) is 6.62. The Morgan fingerprint density at radius 2 is 1.53 bits per heavy atom. The molecule has 98 valence electrons. The van der Waals surface area contributed by atoms with Gasteiger partial charge in [-0.1, -0.05) is 68.0 Å². The molecule has 0 saturated heterocycles. The van der Waals surface area contributed by atoms with E-state index >= 15 is 0 Å². The van der Waals surface area contributed by atoms with E-state index < -0.39 is 0 Å². The molecule has 2 rings (SSSR count). The third-order valence-corrected chi connectivity index (χ3v) is 3.44. The molecule has 0 aliphatic rings. The van der Waals surface area contributed by atoms with E-state index in [-0.39, 0.29) is 0 Å². The molecular weight excluding hydrogens is 228 g/mol. The first kappa shape index (κ1) is 13.6. The van der Waals surface area contributed by atoms with Gasteiger partial charge in [-0.3, -0.25) is 0 Å². The summed E-state index contributed by atoms with van der Waals surface area (Å²) >= 11 is 0. The molecule has 2 aromatic carbocycles. The Hall–Kier alpha value is -1.82. The summed E-state index contributed by atoms with van der Waals surface area (Å²) < 4.78 is 0. The van der Waals surface area contributed by atoms with Crippen LogP contribution in [0.2, 0.25) is 0 Å². The van der Waals surface area contributed by atoms with E-state index in [1.807, 2.05) is 0 Å². The fourth-order valence-electron chi connectivity index (χ4n) is 2.35. The Labute approximate surface area is 116 Å². The highest BCUT2D eigenvalue weighted by Gasteiger charge is 2.06. The maximum Gasteiger partial charge on any atom is -0.0178 e. The van der Waals surface area contributed by atoms with Crippen molar-refractivity contribution in [3.63, 3.8) is 0 Å². The van der Waals surface area contributed by atoms with Crippen LogP contribution in [0.1, 0.15) is 43.4 Å². The lowest BCUT2D eigenvalue weighted by Crippen LogP contribution is -1.92. The molecule has 0 N–H and O–H groups in total. The second-order valence-corrected chi connectivity index (χ2v) is 5.36. The highest BCUT2D eigenvalue weighted by Crippen LogP contribution is 2.27. The van der Waals surface area contributed by atoms with Gasteiger partial charge in [0, 0.05) is 0 Å². The van der Waals surface area contributed by atoms with Crippen LogP contribution in [0.25, 0.3) is 17.2 Å². The summed E-state index contributed by atoms with van der Waals surface area (Å²) in [4.78, 5) is 0. The lowest BCUT2D eigenvalue weighted by Gasteiger charge is -2.12. The zero-order valence-corrected chi connectivity index (χ0v) is 12.3. The Balaban J connectivity index is 2.48. The van der Waals surface area contributed by atoms with Gasteiger partial charge in [-0.15, -0.1) is 0 Å². The van der Waals surface area contributed by atoms with E-state index in [1.54, 1.807) is 0 Å². The Morgan fingerprint density at radius 3 is 2.11 bits per heavy atom. The lowest BCUT2D eigenvalue weighted by molar-refractivity contribution is 0.864. The number of rotatable bonds is 3. The third-order valence-electron chi connectivity index (χ3n) is 3.44. The van der Waals surface area contributed by atoms with Gasteiger partial charge in [0.05, 0.1) is 0 Å². The van der Waals surface area contributed by atoms with Gasteiger partial charge in [0.1, 0.15) is 0 Å². The molecule has 0 amide bonds. The molecule has 0 atom stereocenters. The molecule has 0 unspecified atom stereocenters. The normalized spacial score (nSPS) is 11.4. The SMILES string of the molecule is C/C=C\c1cc(-c2ccc(C)cc2)ccc1C(C)C. The average Bonchev–Trinajstić information content (AvgIpc) is 2.39. The minimum Gasteiger partial charge on any atom is -0.0871 e. The highest BCUT2D eigenvalue weighted by molar-refractivity contribution is 5.69. The second kappa shape index (κ2) is 5.88. The van der Waals surface area contributed by atoms with Crippen LogP contribution in [-0.4, -0.2) is 0 Å². The summed E-state index contributed by atoms with van der Waals surface area (Å²) in [6.45, 7) is 8.68. The van der Waals surface area contributed by atoms with Crippen molar-refractivity contribution in [2.75, 3.05) is 0 Å². The van der Waals surface area contributed by atoms with Crippen LogP contribution in [0.4, 0.5) is 0 Å². The zero-order chi connectivity index (χ0) is 13.8. The van der Waals surface area contributed by atoms with E-state index in [0.29, 0.717) is 5.92 Å². The summed E-state index contributed by atoms with van der Waals surface area (Å²) in [7, 11) is 0. The summed E-state index contributed by atoms with van der Waals surface area (Å²) in [5, 5.41) is 0. The molecule has 0 heteroatoms. The maximum atomic E-state index is 2.29. The largest absolute Gasteiger partial charge is 0.0871 e. The predicted octanol–water partition coefficient (Wildman–Crippen LogP) is 5.82. The maximum absolute atomic E-state index is 2.29. The number of aryl methyl sites for hydroxylation is 1. The smallest absolute Gasteiger partial charge is 0.0178 e. The van der Waals surface area contributed by atoms with Crippen LogP contribution in [0.5, 0.6) is 0 Å². The van der Waals surface area contributed by atoms with Gasteiger partial charge < -0.3 is 0 Å². The molecule has 0 heterocycles. The van der Waals surface area contributed by atoms with E-state index in [0.717, 1.165) is 0 Å². The molecule has 0 fully saturated rings. The molecule has 0 bridgehead atoms. The van der Waals surface area contributed by atoms with Crippen molar-refractivity contribution in [3.05, 3.63) is 65.2 Å². The van der Waals surface area contributed by atoms with Crippen molar-refractivity contribution in [3.8, 4) is 11.1 Å². The van der Waals surface area contributed by atoms with Gasteiger partial charge in [-0.25, -0.2) is 0 Å². The van der Waals surface area contributed by atoms with Crippen molar-refractivity contribution >= 4 is 6.08 Å². The van der Waals surface area contributed by atoms with E-state index in [2.05, 4.69) is 82.3 Å². The van der Waals surface area contributed by atoms with Gasteiger partial charge in [-0.2, -0.15) is 0 Å². The van der Waals surface area contributed by atoms with Gasteiger partial charge >= 0.3 is 0 Å². The summed E-state index contributed by atoms with van der Waals surface area (Å²) in [6.07, 6.45) is 4.31. The zero-order valence-electron chi connectivity index (χ0n) is 12.3. The first-order chi connectivity index (χ1) is 9.11. The van der Waals surface area contributed by atoms with Crippen molar-refractivity contribution in [2.45, 2.75) is 33.6 Å². The highest BCUT2D eigenvalue weighted by atomic mass is 14.1. The van der Waals surface area contributed by atoms with Crippen LogP contribution in [-0.2, 0) is 0 Å². The molecule has 19 heavy (non-hydrogen) atoms. The minimum absolute atomic E-state index is 0.554. The molecule has 0 radical (unpaired) electrons. The molecule has 2 aromatic rings. The monoisotopic (exact) mass is 250 g/mol. The Kier molecular flexibility index (Phi) is 4.21. The number of hydrogen-bond donors (Lipinski definition) is 0. The predicted molar refractivity (Wildman–Crippen MR) is 85.4 cm³/mol. The first-order valence-corrected chi connectivity index (χ1v) is 6.95. The minimum atomic E-state index is 0.554. The molecule has 0 spiro atoms. The molecule has 0 aromatic heterocycles. The van der Waals surface area contributed by atoms with Crippen LogP contribution >= 0.6 is 0 Å². The second-order valence-electron chi connectivity index (χ2n) is 5.36. The van der Waals surface area contributed by atoms with Crippen LogP contribution in [0.15, 0.2) is 48.5 Å². The Morgan fingerprint density at radius 1 is 0.895 bits per heavy atom. The van der Waals surface area contributed by atoms with Gasteiger partial charge in [0.2, 0.25) is 0 Å². The van der Waals surface area contributed by atoms with E-state index in [9.17, 15) is 0 Å². The molecule has 0 saturated carbocycles. The average molecular weight is 250 g/mol. The standard InChI is InChI=1S/C19H22/c1-5-6-18-13-17(11-12-19(18)14(2)3)16-9-7-15(4)8-10-16/h5-14H,1-4H3/b6-5-. The molecule has 0 nitrogen and oxygen atoms in total. The Bertz CT molecular complexity index is 571. The fourth-order valence-corrected chi connectivity index (χ4v) is 2.35. The lowest BCUT2D eigenvalue weighted by atomic mass is 9.93. The van der Waals surface area contributed by atoms with Gasteiger partial charge in [0.25, 0.3) is 0 Å². The number of benzene rings is 2. The van der Waals surface area contributed by atoms with E-state index in [1.165, 1.54) is 27.8 Å². The third kappa shape index (κ3) is 3.14. The first-order valence-electron chi connectivity index (χ1n) is 6.95. The molecule has 0 aliphatic heterocycles. The topological polar surface area (TPSA) is 0 Å². The van der Waals surface area contributed by atoms with Crippen LogP contribution in [0.3, 0.4) is 0 Å². The van der Waals surface area contributed by atoms with Crippen LogP contribution in [0, 0.1) is 6.92 Å². The summed E-state index contributed by atoms with van der Waals surface area (Å²) in [5.74, 6) is 0.554. The summed E-state index contributed by atoms with van der Waals surface area (Å²) in [6, 6.07) is 15.5. The number of hydrogen-bond acceptors (Lipinski definition) is 0. The van der Waals surface area contributed by atoms with Gasteiger partial charge in [-0.05, 0) is 48.1 Å². The van der Waals surface area contributed by atoms with Crippen molar-refractivity contribution in [1.82, 2.24) is 0 Å². The number of allylic oxidation sites excluding steroid dienone is 1. The van der Waals surface area contributed by atoms with Crippen molar-refractivity contribution in [1.29, 1.82) is 0 Å². The van der Waals surface area contributed by atoms with Gasteiger partial charge in [0.15, 0.2) is 0 Å².